The van der Waals surface area contributed by atoms with Crippen molar-refractivity contribution in [3.8, 4) is 11.3 Å². The first-order valence-corrected chi connectivity index (χ1v) is 8.45. The largest absolute Gasteiger partial charge is 0.459 e. The van der Waals surface area contributed by atoms with E-state index in [4.69, 9.17) is 21.7 Å². The SMILES string of the molecule is Cc1ccc(C(=O)NC(=S)Nc2cccc(-c3ccc(CO)o3)c2)cc1. The molecule has 5 nitrogen and oxygen atoms in total. The molecule has 0 saturated carbocycles. The van der Waals surface area contributed by atoms with Gasteiger partial charge in [0, 0.05) is 16.8 Å². The van der Waals surface area contributed by atoms with Crippen LogP contribution < -0.4 is 10.6 Å². The third-order valence-electron chi connectivity index (χ3n) is 3.76. The summed E-state index contributed by atoms with van der Waals surface area (Å²) in [6, 6.07) is 18.2. The zero-order valence-electron chi connectivity index (χ0n) is 14.2. The standard InChI is InChI=1S/C20H18N2O3S/c1-13-5-7-14(8-6-13)19(24)22-20(26)21-16-4-2-3-15(11-16)18-10-9-17(12-23)25-18/h2-11,23H,12H2,1H3,(H2,21,22,24,26). The second-order valence-electron chi connectivity index (χ2n) is 5.78. The Balaban J connectivity index is 1.66. The van der Waals surface area contributed by atoms with Crippen LogP contribution in [-0.4, -0.2) is 16.1 Å². The predicted molar refractivity (Wildman–Crippen MR) is 105 cm³/mol. The van der Waals surface area contributed by atoms with Crippen LogP contribution in [0.2, 0.25) is 0 Å². The molecule has 0 aliphatic carbocycles. The molecular weight excluding hydrogens is 348 g/mol. The van der Waals surface area contributed by atoms with E-state index in [2.05, 4.69) is 10.6 Å². The molecule has 2 aromatic carbocycles. The average molecular weight is 366 g/mol. The van der Waals surface area contributed by atoms with Crippen LogP contribution in [0.5, 0.6) is 0 Å². The summed E-state index contributed by atoms with van der Waals surface area (Å²) in [7, 11) is 0. The first kappa shape index (κ1) is 17.8. The lowest BCUT2D eigenvalue weighted by Gasteiger charge is -2.10. The highest BCUT2D eigenvalue weighted by molar-refractivity contribution is 7.80. The number of thiocarbonyl (C=S) groups is 1. The summed E-state index contributed by atoms with van der Waals surface area (Å²) in [5.74, 6) is 0.879. The molecule has 0 aliphatic heterocycles. The quantitative estimate of drug-likeness (QED) is 0.611. The van der Waals surface area contributed by atoms with Crippen molar-refractivity contribution in [3.05, 3.63) is 77.6 Å². The number of aryl methyl sites for hydroxylation is 1. The van der Waals surface area contributed by atoms with Gasteiger partial charge in [0.05, 0.1) is 0 Å². The van der Waals surface area contributed by atoms with E-state index in [1.165, 1.54) is 0 Å². The van der Waals surface area contributed by atoms with Crippen LogP contribution >= 0.6 is 12.2 Å². The van der Waals surface area contributed by atoms with Gasteiger partial charge in [-0.25, -0.2) is 0 Å². The van der Waals surface area contributed by atoms with Crippen molar-refractivity contribution in [1.29, 1.82) is 0 Å². The van der Waals surface area contributed by atoms with E-state index in [9.17, 15) is 4.79 Å². The molecule has 26 heavy (non-hydrogen) atoms. The van der Waals surface area contributed by atoms with E-state index in [1.54, 1.807) is 24.3 Å². The maximum Gasteiger partial charge on any atom is 0.257 e. The minimum absolute atomic E-state index is 0.146. The van der Waals surface area contributed by atoms with E-state index < -0.39 is 0 Å². The lowest BCUT2D eigenvalue weighted by molar-refractivity contribution is 0.0977. The van der Waals surface area contributed by atoms with Crippen molar-refractivity contribution >= 4 is 28.9 Å². The lowest BCUT2D eigenvalue weighted by atomic mass is 10.1. The molecule has 1 aromatic heterocycles. The van der Waals surface area contributed by atoms with Gasteiger partial charge in [-0.15, -0.1) is 0 Å². The Morgan fingerprint density at radius 3 is 2.58 bits per heavy atom. The fourth-order valence-electron chi connectivity index (χ4n) is 2.41. The second kappa shape index (κ2) is 7.95. The summed E-state index contributed by atoms with van der Waals surface area (Å²) < 4.78 is 5.53. The Hall–Kier alpha value is -2.96. The van der Waals surface area contributed by atoms with E-state index in [1.807, 2.05) is 43.3 Å². The van der Waals surface area contributed by atoms with Crippen molar-refractivity contribution in [2.75, 3.05) is 5.32 Å². The molecule has 132 valence electrons. The molecule has 0 unspecified atom stereocenters. The monoisotopic (exact) mass is 366 g/mol. The van der Waals surface area contributed by atoms with Crippen molar-refractivity contribution in [1.82, 2.24) is 5.32 Å². The molecule has 0 aliphatic rings. The van der Waals surface area contributed by atoms with Gasteiger partial charge in [0.25, 0.3) is 5.91 Å². The van der Waals surface area contributed by atoms with Crippen molar-refractivity contribution in [3.63, 3.8) is 0 Å². The topological polar surface area (TPSA) is 74.5 Å². The highest BCUT2D eigenvalue weighted by atomic mass is 32.1. The van der Waals surface area contributed by atoms with Crippen LogP contribution in [-0.2, 0) is 6.61 Å². The van der Waals surface area contributed by atoms with Gasteiger partial charge in [0.2, 0.25) is 0 Å². The van der Waals surface area contributed by atoms with Crippen LogP contribution in [0.4, 0.5) is 5.69 Å². The number of amides is 1. The normalized spacial score (nSPS) is 10.4. The lowest BCUT2D eigenvalue weighted by Crippen LogP contribution is -2.34. The minimum atomic E-state index is -0.266. The highest BCUT2D eigenvalue weighted by Crippen LogP contribution is 2.24. The zero-order valence-corrected chi connectivity index (χ0v) is 15.0. The Morgan fingerprint density at radius 1 is 1.12 bits per heavy atom. The summed E-state index contributed by atoms with van der Waals surface area (Å²) in [5.41, 5.74) is 3.18. The molecule has 0 radical (unpaired) electrons. The zero-order chi connectivity index (χ0) is 18.5. The van der Waals surface area contributed by atoms with Gasteiger partial charge >= 0.3 is 0 Å². The number of aliphatic hydroxyl groups is 1. The van der Waals surface area contributed by atoms with E-state index in [0.717, 1.165) is 16.8 Å². The maximum atomic E-state index is 12.2. The number of carbonyl (C=O) groups excluding carboxylic acids is 1. The number of nitrogens with one attached hydrogen (secondary N) is 2. The minimum Gasteiger partial charge on any atom is -0.459 e. The Kier molecular flexibility index (Phi) is 5.46. The number of benzene rings is 2. The van der Waals surface area contributed by atoms with Crippen LogP contribution in [0.1, 0.15) is 21.7 Å². The molecule has 6 heteroatoms. The first-order valence-electron chi connectivity index (χ1n) is 8.04. The molecule has 1 amide bonds. The second-order valence-corrected chi connectivity index (χ2v) is 6.19. The van der Waals surface area contributed by atoms with Crippen molar-refractivity contribution in [2.45, 2.75) is 13.5 Å². The first-order chi connectivity index (χ1) is 12.5. The summed E-state index contributed by atoms with van der Waals surface area (Å²) in [4.78, 5) is 12.2. The number of aliphatic hydroxyl groups excluding tert-OH is 1. The Bertz CT molecular complexity index is 932. The predicted octanol–water partition coefficient (Wildman–Crippen LogP) is 3.87. The molecule has 0 spiro atoms. The van der Waals surface area contributed by atoms with Crippen LogP contribution in [0.25, 0.3) is 11.3 Å². The van der Waals surface area contributed by atoms with Gasteiger partial charge in [0.1, 0.15) is 18.1 Å². The van der Waals surface area contributed by atoms with Crippen LogP contribution in [0.15, 0.2) is 65.1 Å². The highest BCUT2D eigenvalue weighted by Gasteiger charge is 2.09. The third-order valence-corrected chi connectivity index (χ3v) is 3.97. The van der Waals surface area contributed by atoms with Gasteiger partial charge < -0.3 is 14.8 Å². The van der Waals surface area contributed by atoms with Crippen LogP contribution in [0.3, 0.4) is 0 Å². The van der Waals surface area contributed by atoms with E-state index in [0.29, 0.717) is 17.1 Å². The fourth-order valence-corrected chi connectivity index (χ4v) is 2.62. The smallest absolute Gasteiger partial charge is 0.257 e. The van der Waals surface area contributed by atoms with Gasteiger partial charge in [-0.1, -0.05) is 29.8 Å². The molecular formula is C20H18N2O3S. The Morgan fingerprint density at radius 2 is 1.88 bits per heavy atom. The van der Waals surface area contributed by atoms with Crippen LogP contribution in [0, 0.1) is 6.92 Å². The number of furan rings is 1. The molecule has 3 N–H and O–H groups in total. The number of rotatable bonds is 4. The third kappa shape index (κ3) is 4.36. The Labute approximate surface area is 156 Å². The fraction of sp³-hybridized carbons (Fsp3) is 0.100. The molecule has 0 fully saturated rings. The van der Waals surface area contributed by atoms with Gasteiger partial charge in [-0.05, 0) is 55.5 Å². The van der Waals surface area contributed by atoms with Gasteiger partial charge in [0.15, 0.2) is 5.11 Å². The molecule has 0 bridgehead atoms. The summed E-state index contributed by atoms with van der Waals surface area (Å²) in [6.07, 6.45) is 0. The molecule has 0 saturated heterocycles. The van der Waals surface area contributed by atoms with Crippen molar-refractivity contribution < 1.29 is 14.3 Å². The average Bonchev–Trinajstić information content (AvgIpc) is 3.11. The summed E-state index contributed by atoms with van der Waals surface area (Å²) in [6.45, 7) is 1.82. The van der Waals surface area contributed by atoms with Gasteiger partial charge in [-0.3, -0.25) is 10.1 Å². The summed E-state index contributed by atoms with van der Waals surface area (Å²) in [5, 5.41) is 15.0. The molecule has 3 aromatic rings. The summed E-state index contributed by atoms with van der Waals surface area (Å²) >= 11 is 5.22. The number of hydrogen-bond donors (Lipinski definition) is 3. The van der Waals surface area contributed by atoms with Crippen molar-refractivity contribution in [2.24, 2.45) is 0 Å². The van der Waals surface area contributed by atoms with E-state index in [-0.39, 0.29) is 17.6 Å². The molecule has 3 rings (SSSR count). The van der Waals surface area contributed by atoms with E-state index >= 15 is 0 Å². The van der Waals surface area contributed by atoms with Gasteiger partial charge in [-0.2, -0.15) is 0 Å². The molecule has 0 atom stereocenters. The molecule has 1 heterocycles. The number of hydrogen-bond acceptors (Lipinski definition) is 4. The maximum absolute atomic E-state index is 12.2. The number of carbonyl (C=O) groups is 1. The number of anilines is 1.